The Morgan fingerprint density at radius 3 is 2.42 bits per heavy atom. The van der Waals surface area contributed by atoms with Gasteiger partial charge in [0.25, 0.3) is 0 Å². The van der Waals surface area contributed by atoms with E-state index < -0.39 is 0 Å². The van der Waals surface area contributed by atoms with Gasteiger partial charge < -0.3 is 5.73 Å². The van der Waals surface area contributed by atoms with Gasteiger partial charge >= 0.3 is 0 Å². The fraction of sp³-hybridized carbons (Fsp3) is 0.100. The summed E-state index contributed by atoms with van der Waals surface area (Å²) in [6.45, 7) is 1.99. The summed E-state index contributed by atoms with van der Waals surface area (Å²) < 4.78 is 13.7. The summed E-state index contributed by atoms with van der Waals surface area (Å²) in [4.78, 5) is 4.46. The van der Waals surface area contributed by atoms with Gasteiger partial charge in [-0.15, -0.1) is 0 Å². The lowest BCUT2D eigenvalue weighted by Crippen LogP contribution is -2.05. The minimum Gasteiger partial charge on any atom is -0.383 e. The molecule has 118 valence electrons. The van der Waals surface area contributed by atoms with Crippen molar-refractivity contribution in [2.24, 2.45) is 0 Å². The molecule has 2 N–H and O–H groups in total. The molecular formula is C20H16FN3. The van der Waals surface area contributed by atoms with E-state index in [-0.39, 0.29) is 17.2 Å². The van der Waals surface area contributed by atoms with Crippen molar-refractivity contribution in [2.75, 3.05) is 5.73 Å². The first-order valence-electron chi connectivity index (χ1n) is 7.69. The van der Waals surface area contributed by atoms with Crippen molar-refractivity contribution in [1.82, 2.24) is 4.98 Å². The smallest absolute Gasteiger partial charge is 0.142 e. The Morgan fingerprint density at radius 1 is 1.08 bits per heavy atom. The van der Waals surface area contributed by atoms with Crippen LogP contribution in [0.2, 0.25) is 0 Å². The van der Waals surface area contributed by atoms with E-state index in [1.54, 1.807) is 12.1 Å². The number of halogens is 1. The van der Waals surface area contributed by atoms with Crippen molar-refractivity contribution in [3.05, 3.63) is 71.5 Å². The van der Waals surface area contributed by atoms with E-state index in [1.807, 2.05) is 37.3 Å². The number of nitriles is 1. The Hall–Kier alpha value is -3.19. The van der Waals surface area contributed by atoms with Crippen LogP contribution in [0.15, 0.2) is 54.6 Å². The third-order valence-corrected chi connectivity index (χ3v) is 3.95. The van der Waals surface area contributed by atoms with Crippen molar-refractivity contribution in [2.45, 2.75) is 13.3 Å². The largest absolute Gasteiger partial charge is 0.383 e. The van der Waals surface area contributed by atoms with Gasteiger partial charge in [0.2, 0.25) is 0 Å². The SMILES string of the molecule is CCc1c(-c2ccccc2)nc(N)c(C#N)c1-c1cccc(F)c1. The normalized spacial score (nSPS) is 10.4. The molecule has 3 nitrogen and oxygen atoms in total. The predicted octanol–water partition coefficient (Wildman–Crippen LogP) is 4.57. The molecule has 0 radical (unpaired) electrons. The number of nitrogens with zero attached hydrogens (tertiary/aromatic N) is 2. The van der Waals surface area contributed by atoms with E-state index in [2.05, 4.69) is 11.1 Å². The second kappa shape index (κ2) is 6.51. The average molecular weight is 317 g/mol. The van der Waals surface area contributed by atoms with Gasteiger partial charge in [0.05, 0.1) is 5.69 Å². The number of benzene rings is 2. The molecule has 0 aliphatic rings. The molecule has 0 spiro atoms. The van der Waals surface area contributed by atoms with E-state index in [0.29, 0.717) is 17.5 Å². The molecule has 0 aliphatic heterocycles. The van der Waals surface area contributed by atoms with Crippen molar-refractivity contribution < 1.29 is 4.39 Å². The van der Waals surface area contributed by atoms with Crippen LogP contribution in [-0.2, 0) is 6.42 Å². The van der Waals surface area contributed by atoms with E-state index in [4.69, 9.17) is 5.73 Å². The molecule has 0 bridgehead atoms. The molecule has 0 aliphatic carbocycles. The molecule has 0 fully saturated rings. The maximum absolute atomic E-state index is 13.7. The molecule has 24 heavy (non-hydrogen) atoms. The van der Waals surface area contributed by atoms with Gasteiger partial charge in [0, 0.05) is 11.1 Å². The van der Waals surface area contributed by atoms with E-state index >= 15 is 0 Å². The molecule has 3 aromatic rings. The zero-order valence-electron chi connectivity index (χ0n) is 13.3. The van der Waals surface area contributed by atoms with Gasteiger partial charge in [-0.25, -0.2) is 9.37 Å². The van der Waals surface area contributed by atoms with E-state index in [9.17, 15) is 9.65 Å². The van der Waals surface area contributed by atoms with Crippen LogP contribution in [0.5, 0.6) is 0 Å². The number of hydrogen-bond donors (Lipinski definition) is 1. The topological polar surface area (TPSA) is 62.7 Å². The maximum atomic E-state index is 13.7. The van der Waals surface area contributed by atoms with E-state index in [0.717, 1.165) is 16.8 Å². The molecule has 3 rings (SSSR count). The van der Waals surface area contributed by atoms with Crippen LogP contribution in [-0.4, -0.2) is 4.98 Å². The minimum atomic E-state index is -0.352. The van der Waals surface area contributed by atoms with Gasteiger partial charge in [0.1, 0.15) is 23.3 Å². The third kappa shape index (κ3) is 2.72. The summed E-state index contributed by atoms with van der Waals surface area (Å²) in [6, 6.07) is 18.0. The third-order valence-electron chi connectivity index (χ3n) is 3.95. The Labute approximate surface area is 140 Å². The average Bonchev–Trinajstić information content (AvgIpc) is 2.61. The Bertz CT molecular complexity index is 928. The molecule has 0 saturated carbocycles. The first-order chi connectivity index (χ1) is 11.7. The molecule has 0 unspecified atom stereocenters. The quantitative estimate of drug-likeness (QED) is 0.769. The molecule has 0 atom stereocenters. The minimum absolute atomic E-state index is 0.160. The zero-order valence-corrected chi connectivity index (χ0v) is 13.3. The Kier molecular flexibility index (Phi) is 4.26. The standard InChI is InChI=1S/C20H16FN3/c1-2-16-18(14-9-6-10-15(21)11-14)17(12-22)20(23)24-19(16)13-7-4-3-5-8-13/h3-11H,2H2,1H3,(H2,23,24). The van der Waals surface area contributed by atoms with Crippen molar-refractivity contribution in [3.63, 3.8) is 0 Å². The number of rotatable bonds is 3. The fourth-order valence-corrected chi connectivity index (χ4v) is 2.90. The summed E-state index contributed by atoms with van der Waals surface area (Å²) >= 11 is 0. The summed E-state index contributed by atoms with van der Waals surface area (Å²) in [5.74, 6) is -0.192. The molecular weight excluding hydrogens is 301 g/mol. The Morgan fingerprint density at radius 2 is 1.79 bits per heavy atom. The molecule has 2 aromatic carbocycles. The van der Waals surface area contributed by atoms with Gasteiger partial charge in [0.15, 0.2) is 0 Å². The van der Waals surface area contributed by atoms with Crippen LogP contribution < -0.4 is 5.73 Å². The summed E-state index contributed by atoms with van der Waals surface area (Å²) in [7, 11) is 0. The van der Waals surface area contributed by atoms with Gasteiger partial charge in [-0.05, 0) is 29.7 Å². The van der Waals surface area contributed by atoms with Crippen LogP contribution in [0.4, 0.5) is 10.2 Å². The number of anilines is 1. The highest BCUT2D eigenvalue weighted by molar-refractivity contribution is 5.84. The zero-order chi connectivity index (χ0) is 17.1. The van der Waals surface area contributed by atoms with Crippen LogP contribution in [0.1, 0.15) is 18.1 Å². The second-order valence-electron chi connectivity index (χ2n) is 5.42. The first-order valence-corrected chi connectivity index (χ1v) is 7.69. The highest BCUT2D eigenvalue weighted by Crippen LogP contribution is 2.36. The van der Waals surface area contributed by atoms with Gasteiger partial charge in [-0.2, -0.15) is 5.26 Å². The van der Waals surface area contributed by atoms with Gasteiger partial charge in [-0.3, -0.25) is 0 Å². The molecule has 0 amide bonds. The van der Waals surface area contributed by atoms with Crippen LogP contribution >= 0.6 is 0 Å². The number of aromatic nitrogens is 1. The number of hydrogen-bond acceptors (Lipinski definition) is 3. The van der Waals surface area contributed by atoms with Crippen molar-refractivity contribution >= 4 is 5.82 Å². The van der Waals surface area contributed by atoms with Crippen molar-refractivity contribution in [1.29, 1.82) is 5.26 Å². The van der Waals surface area contributed by atoms with Crippen LogP contribution in [0.3, 0.4) is 0 Å². The highest BCUT2D eigenvalue weighted by atomic mass is 19.1. The number of nitrogens with two attached hydrogens (primary N) is 1. The Balaban J connectivity index is 2.38. The molecule has 1 heterocycles. The van der Waals surface area contributed by atoms with Crippen LogP contribution in [0.25, 0.3) is 22.4 Å². The van der Waals surface area contributed by atoms with Gasteiger partial charge in [-0.1, -0.05) is 49.4 Å². The molecule has 0 saturated heterocycles. The molecule has 4 heteroatoms. The fourth-order valence-electron chi connectivity index (χ4n) is 2.90. The molecule has 1 aromatic heterocycles. The second-order valence-corrected chi connectivity index (χ2v) is 5.42. The predicted molar refractivity (Wildman–Crippen MR) is 93.6 cm³/mol. The first kappa shape index (κ1) is 15.7. The lowest BCUT2D eigenvalue weighted by molar-refractivity contribution is 0.628. The number of nitrogen functional groups attached to an aromatic ring is 1. The highest BCUT2D eigenvalue weighted by Gasteiger charge is 2.20. The summed E-state index contributed by atoms with van der Waals surface area (Å²) in [6.07, 6.45) is 0.651. The summed E-state index contributed by atoms with van der Waals surface area (Å²) in [5, 5.41) is 9.55. The summed E-state index contributed by atoms with van der Waals surface area (Å²) in [5.41, 5.74) is 10.2. The number of pyridine rings is 1. The van der Waals surface area contributed by atoms with E-state index in [1.165, 1.54) is 12.1 Å². The van der Waals surface area contributed by atoms with Crippen molar-refractivity contribution in [3.8, 4) is 28.5 Å². The maximum Gasteiger partial charge on any atom is 0.142 e. The monoisotopic (exact) mass is 317 g/mol. The van der Waals surface area contributed by atoms with Crippen LogP contribution in [0, 0.1) is 17.1 Å². The lowest BCUT2D eigenvalue weighted by Gasteiger charge is -2.17. The lowest BCUT2D eigenvalue weighted by atomic mass is 9.90.